The maximum atomic E-state index is 11.8. The van der Waals surface area contributed by atoms with Gasteiger partial charge in [0.2, 0.25) is 5.91 Å². The van der Waals surface area contributed by atoms with E-state index in [0.29, 0.717) is 13.0 Å². The third kappa shape index (κ3) is 3.85. The fourth-order valence-electron chi connectivity index (χ4n) is 2.14. The van der Waals surface area contributed by atoms with Crippen LogP contribution in [0.3, 0.4) is 0 Å². The van der Waals surface area contributed by atoms with Crippen LogP contribution in [0.5, 0.6) is 0 Å². The van der Waals surface area contributed by atoms with E-state index in [1.165, 1.54) is 11.1 Å². The Hall–Kier alpha value is -2.29. The van der Waals surface area contributed by atoms with Gasteiger partial charge in [-0.25, -0.2) is 0 Å². The lowest BCUT2D eigenvalue weighted by molar-refractivity contribution is -0.115. The smallest absolute Gasteiger partial charge is 0.226 e. The van der Waals surface area contributed by atoms with E-state index in [0.717, 1.165) is 11.4 Å². The van der Waals surface area contributed by atoms with Crippen LogP contribution >= 0.6 is 0 Å². The van der Waals surface area contributed by atoms with Crippen LogP contribution in [0.2, 0.25) is 0 Å². The van der Waals surface area contributed by atoms with Gasteiger partial charge in [0, 0.05) is 24.3 Å². The Morgan fingerprint density at radius 2 is 1.60 bits per heavy atom. The van der Waals surface area contributed by atoms with Crippen LogP contribution in [0.25, 0.3) is 0 Å². The fourth-order valence-corrected chi connectivity index (χ4v) is 2.14. The topological polar surface area (TPSA) is 41.1 Å². The Bertz CT molecular complexity index is 559. The zero-order valence-corrected chi connectivity index (χ0v) is 11.9. The van der Waals surface area contributed by atoms with Crippen molar-refractivity contribution < 1.29 is 4.79 Å². The van der Waals surface area contributed by atoms with E-state index in [2.05, 4.69) is 36.6 Å². The molecule has 2 aromatic rings. The minimum absolute atomic E-state index is 0.0231. The summed E-state index contributed by atoms with van der Waals surface area (Å²) in [6.07, 6.45) is 0.447. The lowest BCUT2D eigenvalue weighted by atomic mass is 10.1. The molecule has 0 radical (unpaired) electrons. The first-order valence-electron chi connectivity index (χ1n) is 6.82. The van der Waals surface area contributed by atoms with Crippen LogP contribution in [0.4, 0.5) is 11.4 Å². The molecule has 2 rings (SSSR count). The van der Waals surface area contributed by atoms with E-state index < -0.39 is 0 Å². The van der Waals surface area contributed by atoms with E-state index in [9.17, 15) is 4.79 Å². The summed E-state index contributed by atoms with van der Waals surface area (Å²) in [5.41, 5.74) is 4.37. The van der Waals surface area contributed by atoms with E-state index in [1.54, 1.807) is 0 Å². The van der Waals surface area contributed by atoms with Gasteiger partial charge in [-0.3, -0.25) is 4.79 Å². The maximum Gasteiger partial charge on any atom is 0.226 e. The molecular weight excluding hydrogens is 248 g/mol. The quantitative estimate of drug-likeness (QED) is 0.867. The van der Waals surface area contributed by atoms with E-state index in [4.69, 9.17) is 0 Å². The molecule has 0 spiro atoms. The Morgan fingerprint density at radius 1 is 0.950 bits per heavy atom. The number of hydrogen-bond donors (Lipinski definition) is 2. The number of para-hydroxylation sites is 2. The van der Waals surface area contributed by atoms with Crippen molar-refractivity contribution in [3.05, 3.63) is 59.7 Å². The molecule has 1 amide bonds. The first kappa shape index (κ1) is 14.1. The van der Waals surface area contributed by atoms with Crippen molar-refractivity contribution in [3.63, 3.8) is 0 Å². The largest absolute Gasteiger partial charge is 0.384 e. The van der Waals surface area contributed by atoms with Crippen LogP contribution in [0.1, 0.15) is 17.5 Å². The molecule has 0 heterocycles. The van der Waals surface area contributed by atoms with Gasteiger partial charge in [0.1, 0.15) is 0 Å². The van der Waals surface area contributed by atoms with Crippen molar-refractivity contribution >= 4 is 17.3 Å². The number of rotatable bonds is 5. The van der Waals surface area contributed by atoms with Gasteiger partial charge in [-0.2, -0.15) is 0 Å². The number of carbonyl (C=O) groups is 1. The summed E-state index contributed by atoms with van der Waals surface area (Å²) in [5, 5.41) is 6.22. The molecule has 3 heteroatoms. The average Bonchev–Trinajstić information content (AvgIpc) is 2.43. The molecule has 0 unspecified atom stereocenters. The maximum absolute atomic E-state index is 11.8. The molecule has 2 aromatic carbocycles. The second-order valence-electron chi connectivity index (χ2n) is 4.86. The van der Waals surface area contributed by atoms with Crippen LogP contribution in [0, 0.1) is 13.8 Å². The van der Waals surface area contributed by atoms with Crippen LogP contribution in [-0.4, -0.2) is 12.5 Å². The number of amides is 1. The molecule has 104 valence electrons. The first-order valence-corrected chi connectivity index (χ1v) is 6.82. The Kier molecular flexibility index (Phi) is 4.77. The van der Waals surface area contributed by atoms with E-state index in [-0.39, 0.29) is 5.91 Å². The predicted molar refractivity (Wildman–Crippen MR) is 84.1 cm³/mol. The molecule has 0 aliphatic heterocycles. The molecular formula is C17H20N2O. The molecule has 3 nitrogen and oxygen atoms in total. The molecule has 0 saturated heterocycles. The molecule has 0 fully saturated rings. The molecule has 0 aromatic heterocycles. The summed E-state index contributed by atoms with van der Waals surface area (Å²) < 4.78 is 0. The molecule has 0 aliphatic rings. The number of anilines is 2. The Morgan fingerprint density at radius 3 is 2.25 bits per heavy atom. The Balaban J connectivity index is 1.83. The highest BCUT2D eigenvalue weighted by Gasteiger charge is 2.04. The molecule has 2 N–H and O–H groups in total. The third-order valence-electron chi connectivity index (χ3n) is 3.19. The monoisotopic (exact) mass is 268 g/mol. The van der Waals surface area contributed by atoms with E-state index >= 15 is 0 Å². The highest BCUT2D eigenvalue weighted by Crippen LogP contribution is 2.19. The van der Waals surface area contributed by atoms with Gasteiger partial charge in [0.05, 0.1) is 0 Å². The van der Waals surface area contributed by atoms with Crippen LogP contribution in [-0.2, 0) is 4.79 Å². The summed E-state index contributed by atoms with van der Waals surface area (Å²) >= 11 is 0. The molecule has 0 aliphatic carbocycles. The number of hydrogen-bond acceptors (Lipinski definition) is 2. The van der Waals surface area contributed by atoms with Crippen LogP contribution in [0.15, 0.2) is 48.5 Å². The van der Waals surface area contributed by atoms with Gasteiger partial charge in [-0.15, -0.1) is 0 Å². The standard InChI is InChI=1S/C17H20N2O/c1-13-7-6-8-14(2)17(13)18-12-11-16(20)19-15-9-4-3-5-10-15/h3-10,18H,11-12H2,1-2H3,(H,19,20). The van der Waals surface area contributed by atoms with Crippen molar-refractivity contribution in [1.29, 1.82) is 0 Å². The summed E-state index contributed by atoms with van der Waals surface area (Å²) in [7, 11) is 0. The van der Waals surface area contributed by atoms with Crippen molar-refractivity contribution in [2.24, 2.45) is 0 Å². The van der Waals surface area contributed by atoms with Gasteiger partial charge in [-0.05, 0) is 37.1 Å². The predicted octanol–water partition coefficient (Wildman–Crippen LogP) is 3.74. The van der Waals surface area contributed by atoms with Crippen molar-refractivity contribution in [2.45, 2.75) is 20.3 Å². The molecule has 0 bridgehead atoms. The number of benzene rings is 2. The van der Waals surface area contributed by atoms with Crippen LogP contribution < -0.4 is 10.6 Å². The van der Waals surface area contributed by atoms with Gasteiger partial charge >= 0.3 is 0 Å². The number of aryl methyl sites for hydroxylation is 2. The zero-order chi connectivity index (χ0) is 14.4. The highest BCUT2D eigenvalue weighted by atomic mass is 16.1. The number of carbonyl (C=O) groups excluding carboxylic acids is 1. The van der Waals surface area contributed by atoms with Crippen molar-refractivity contribution in [2.75, 3.05) is 17.2 Å². The van der Waals surface area contributed by atoms with Gasteiger partial charge in [-0.1, -0.05) is 36.4 Å². The average molecular weight is 268 g/mol. The normalized spacial score (nSPS) is 10.1. The summed E-state index contributed by atoms with van der Waals surface area (Å²) in [6.45, 7) is 4.77. The highest BCUT2D eigenvalue weighted by molar-refractivity contribution is 5.90. The SMILES string of the molecule is Cc1cccc(C)c1NCCC(=O)Nc1ccccc1. The molecule has 0 atom stereocenters. The molecule has 0 saturated carbocycles. The van der Waals surface area contributed by atoms with Gasteiger partial charge < -0.3 is 10.6 Å². The minimum Gasteiger partial charge on any atom is -0.384 e. The summed E-state index contributed by atoms with van der Waals surface area (Å²) in [4.78, 5) is 11.8. The Labute approximate surface area is 120 Å². The van der Waals surface area contributed by atoms with Crippen molar-refractivity contribution in [1.82, 2.24) is 0 Å². The lowest BCUT2D eigenvalue weighted by Crippen LogP contribution is -2.16. The third-order valence-corrected chi connectivity index (χ3v) is 3.19. The van der Waals surface area contributed by atoms with E-state index in [1.807, 2.05) is 36.4 Å². The second kappa shape index (κ2) is 6.75. The first-order chi connectivity index (χ1) is 9.66. The fraction of sp³-hybridized carbons (Fsp3) is 0.235. The zero-order valence-electron chi connectivity index (χ0n) is 11.9. The second-order valence-corrected chi connectivity index (χ2v) is 4.86. The lowest BCUT2D eigenvalue weighted by Gasteiger charge is -2.12. The van der Waals surface area contributed by atoms with Crippen molar-refractivity contribution in [3.8, 4) is 0 Å². The van der Waals surface area contributed by atoms with Gasteiger partial charge in [0.25, 0.3) is 0 Å². The van der Waals surface area contributed by atoms with Gasteiger partial charge in [0.15, 0.2) is 0 Å². The number of nitrogens with one attached hydrogen (secondary N) is 2. The summed E-state index contributed by atoms with van der Waals surface area (Å²) in [6, 6.07) is 15.7. The molecule has 20 heavy (non-hydrogen) atoms. The summed E-state index contributed by atoms with van der Waals surface area (Å²) in [5.74, 6) is 0.0231. The minimum atomic E-state index is 0.0231.